The van der Waals surface area contributed by atoms with Crippen LogP contribution < -0.4 is 15.1 Å². The number of rotatable bonds is 6. The Hall–Kier alpha value is -3.49. The van der Waals surface area contributed by atoms with E-state index in [9.17, 15) is 14.0 Å². The topological polar surface area (TPSA) is 57.6 Å². The van der Waals surface area contributed by atoms with Gasteiger partial charge in [-0.05, 0) is 100 Å². The summed E-state index contributed by atoms with van der Waals surface area (Å²) in [6.45, 7) is 10.0. The lowest BCUT2D eigenvalue weighted by atomic mass is 10.1. The quantitative estimate of drug-likeness (QED) is 0.260. The zero-order valence-electron chi connectivity index (χ0n) is 20.4. The maximum absolute atomic E-state index is 13.7. The van der Waals surface area contributed by atoms with Crippen LogP contribution in [0.1, 0.15) is 30.8 Å². The van der Waals surface area contributed by atoms with Crippen molar-refractivity contribution in [2.45, 2.75) is 27.7 Å². The van der Waals surface area contributed by atoms with Crippen LogP contribution in [0.2, 0.25) is 5.02 Å². The number of benzene rings is 2. The number of anilines is 2. The third-order valence-corrected chi connectivity index (χ3v) is 6.84. The van der Waals surface area contributed by atoms with Gasteiger partial charge in [-0.15, -0.1) is 0 Å². The van der Waals surface area contributed by atoms with Crippen LogP contribution in [0.5, 0.6) is 0 Å². The molecule has 2 amide bonds. The van der Waals surface area contributed by atoms with E-state index in [1.807, 2.05) is 19.9 Å². The number of carbonyl (C=O) groups is 2. The minimum absolute atomic E-state index is 0.0822. The zero-order valence-corrected chi connectivity index (χ0v) is 22.0. The van der Waals surface area contributed by atoms with Gasteiger partial charge in [0.2, 0.25) is 0 Å². The highest BCUT2D eigenvalue weighted by Crippen LogP contribution is 2.29. The third kappa shape index (κ3) is 4.66. The van der Waals surface area contributed by atoms with Crippen molar-refractivity contribution < 1.29 is 14.0 Å². The Bertz CT molecular complexity index is 1390. The summed E-state index contributed by atoms with van der Waals surface area (Å²) in [5.41, 5.74) is 4.87. The van der Waals surface area contributed by atoms with Gasteiger partial charge in [-0.3, -0.25) is 19.8 Å². The average Bonchev–Trinajstić information content (AvgIpc) is 3.12. The first-order chi connectivity index (χ1) is 17.2. The number of halogens is 2. The molecule has 0 bridgehead atoms. The fourth-order valence-electron chi connectivity index (χ4n) is 4.40. The first-order valence-corrected chi connectivity index (χ1v) is 12.4. The number of hydrogen-bond acceptors (Lipinski definition) is 4. The average molecular weight is 525 g/mol. The molecular weight excluding hydrogens is 499 g/mol. The van der Waals surface area contributed by atoms with Crippen LogP contribution >= 0.6 is 23.8 Å². The molecule has 6 nitrogen and oxygen atoms in total. The molecule has 186 valence electrons. The molecule has 0 atom stereocenters. The Balaban J connectivity index is 1.71. The molecule has 0 unspecified atom stereocenters. The van der Waals surface area contributed by atoms with E-state index in [0.717, 1.165) is 52.4 Å². The van der Waals surface area contributed by atoms with Crippen LogP contribution in [0.15, 0.2) is 54.1 Å². The smallest absolute Gasteiger partial charge is 0.270 e. The van der Waals surface area contributed by atoms with Crippen LogP contribution in [0, 0.1) is 19.7 Å². The summed E-state index contributed by atoms with van der Waals surface area (Å²) in [5, 5.41) is 2.30. The van der Waals surface area contributed by atoms with E-state index in [0.29, 0.717) is 0 Å². The van der Waals surface area contributed by atoms with Gasteiger partial charge >= 0.3 is 0 Å². The van der Waals surface area contributed by atoms with Crippen LogP contribution in [0.25, 0.3) is 11.8 Å². The number of hydrogen-bond donors (Lipinski definition) is 1. The van der Waals surface area contributed by atoms with Gasteiger partial charge in [-0.2, -0.15) is 0 Å². The molecule has 1 aromatic heterocycles. The lowest BCUT2D eigenvalue weighted by Gasteiger charge is -2.29. The van der Waals surface area contributed by atoms with E-state index in [1.54, 1.807) is 6.08 Å². The molecule has 2 aromatic carbocycles. The summed E-state index contributed by atoms with van der Waals surface area (Å²) >= 11 is 11.1. The van der Waals surface area contributed by atoms with E-state index in [1.165, 1.54) is 12.1 Å². The SMILES string of the molecule is CCN(CC)c1ccc(-n2c(C)cc(/C=C3\C(=O)NC(=S)N(c4ccc(F)c(Cl)c4)C3=O)c2C)cc1. The Kier molecular flexibility index (Phi) is 7.28. The fraction of sp³-hybridized carbons (Fsp3) is 0.222. The summed E-state index contributed by atoms with van der Waals surface area (Å²) in [4.78, 5) is 29.5. The molecule has 2 heterocycles. The molecule has 3 aromatic rings. The van der Waals surface area contributed by atoms with Crippen LogP contribution in [-0.2, 0) is 9.59 Å². The van der Waals surface area contributed by atoms with Crippen molar-refractivity contribution in [3.8, 4) is 5.69 Å². The summed E-state index contributed by atoms with van der Waals surface area (Å²) in [6.07, 6.45) is 1.56. The highest BCUT2D eigenvalue weighted by atomic mass is 35.5. The lowest BCUT2D eigenvalue weighted by Crippen LogP contribution is -2.54. The maximum atomic E-state index is 13.7. The lowest BCUT2D eigenvalue weighted by molar-refractivity contribution is -0.122. The van der Waals surface area contributed by atoms with Crippen molar-refractivity contribution in [2.75, 3.05) is 22.9 Å². The second-order valence-corrected chi connectivity index (χ2v) is 9.20. The number of amides is 2. The molecule has 1 saturated heterocycles. The molecule has 1 aliphatic heterocycles. The molecule has 0 spiro atoms. The monoisotopic (exact) mass is 524 g/mol. The van der Waals surface area contributed by atoms with Crippen molar-refractivity contribution in [3.05, 3.63) is 81.9 Å². The second kappa shape index (κ2) is 10.2. The molecule has 1 N–H and O–H groups in total. The van der Waals surface area contributed by atoms with Crippen molar-refractivity contribution >= 4 is 58.2 Å². The standard InChI is InChI=1S/C27H26ClFN4O2S/c1-5-31(6-2)19-7-9-20(10-8-19)32-16(3)13-18(17(32)4)14-22-25(34)30-27(36)33(26(22)35)21-11-12-24(29)23(28)15-21/h7-15H,5-6H2,1-4H3,(H,30,34,36)/b22-14+. The predicted octanol–water partition coefficient (Wildman–Crippen LogP) is 5.56. The van der Waals surface area contributed by atoms with E-state index < -0.39 is 17.6 Å². The van der Waals surface area contributed by atoms with Crippen LogP contribution in [-0.4, -0.2) is 34.6 Å². The molecule has 9 heteroatoms. The number of nitrogens with zero attached hydrogens (tertiary/aromatic N) is 3. The Morgan fingerprint density at radius 1 is 1.03 bits per heavy atom. The van der Waals surface area contributed by atoms with Gasteiger partial charge in [0.25, 0.3) is 11.8 Å². The normalized spacial score (nSPS) is 15.0. The molecule has 1 fully saturated rings. The molecule has 36 heavy (non-hydrogen) atoms. The van der Waals surface area contributed by atoms with E-state index >= 15 is 0 Å². The number of nitrogens with one attached hydrogen (secondary N) is 1. The summed E-state index contributed by atoms with van der Waals surface area (Å²) in [7, 11) is 0. The highest BCUT2D eigenvalue weighted by Gasteiger charge is 2.35. The third-order valence-electron chi connectivity index (χ3n) is 6.27. The van der Waals surface area contributed by atoms with Crippen molar-refractivity contribution in [3.63, 3.8) is 0 Å². The van der Waals surface area contributed by atoms with Crippen LogP contribution in [0.3, 0.4) is 0 Å². The van der Waals surface area contributed by atoms with Crippen molar-refractivity contribution in [2.24, 2.45) is 0 Å². The molecule has 0 saturated carbocycles. The largest absolute Gasteiger partial charge is 0.372 e. The Morgan fingerprint density at radius 3 is 2.28 bits per heavy atom. The molecular formula is C27H26ClFN4O2S. The van der Waals surface area contributed by atoms with Crippen molar-refractivity contribution in [1.82, 2.24) is 9.88 Å². The first kappa shape index (κ1) is 25.6. The second-order valence-electron chi connectivity index (χ2n) is 8.41. The summed E-state index contributed by atoms with van der Waals surface area (Å²) in [6, 6.07) is 14.0. The van der Waals surface area contributed by atoms with Crippen molar-refractivity contribution in [1.29, 1.82) is 0 Å². The zero-order chi connectivity index (χ0) is 26.1. The highest BCUT2D eigenvalue weighted by molar-refractivity contribution is 7.80. The van der Waals surface area contributed by atoms with Gasteiger partial charge in [0.15, 0.2) is 5.11 Å². The maximum Gasteiger partial charge on any atom is 0.270 e. The molecule has 4 rings (SSSR count). The van der Waals surface area contributed by atoms with Gasteiger partial charge in [0, 0.05) is 35.9 Å². The summed E-state index contributed by atoms with van der Waals surface area (Å²) in [5.74, 6) is -1.82. The number of aryl methyl sites for hydroxylation is 1. The van der Waals surface area contributed by atoms with Gasteiger partial charge < -0.3 is 9.47 Å². The van der Waals surface area contributed by atoms with Gasteiger partial charge in [0.1, 0.15) is 11.4 Å². The van der Waals surface area contributed by atoms with Gasteiger partial charge in [-0.1, -0.05) is 11.6 Å². The van der Waals surface area contributed by atoms with Gasteiger partial charge in [0.05, 0.1) is 10.7 Å². The summed E-state index contributed by atoms with van der Waals surface area (Å²) < 4.78 is 15.7. The molecule has 0 aliphatic carbocycles. The number of aromatic nitrogens is 1. The Labute approximate surface area is 220 Å². The number of thiocarbonyl (C=S) groups is 1. The molecule has 0 radical (unpaired) electrons. The van der Waals surface area contributed by atoms with E-state index in [-0.39, 0.29) is 21.4 Å². The molecule has 1 aliphatic rings. The predicted molar refractivity (Wildman–Crippen MR) is 146 cm³/mol. The van der Waals surface area contributed by atoms with Gasteiger partial charge in [-0.25, -0.2) is 4.39 Å². The first-order valence-electron chi connectivity index (χ1n) is 11.6. The minimum Gasteiger partial charge on any atom is -0.372 e. The van der Waals surface area contributed by atoms with E-state index in [4.69, 9.17) is 23.8 Å². The minimum atomic E-state index is -0.617. The number of carbonyl (C=O) groups excluding carboxylic acids is 2. The van der Waals surface area contributed by atoms with Crippen LogP contribution in [0.4, 0.5) is 15.8 Å². The Morgan fingerprint density at radius 2 is 1.67 bits per heavy atom. The fourth-order valence-corrected chi connectivity index (χ4v) is 4.86. The van der Waals surface area contributed by atoms with E-state index in [2.05, 4.69) is 52.9 Å².